The summed E-state index contributed by atoms with van der Waals surface area (Å²) in [5, 5.41) is 6.89. The van der Waals surface area contributed by atoms with Gasteiger partial charge in [-0.15, -0.1) is 0 Å². The van der Waals surface area contributed by atoms with Gasteiger partial charge in [-0.1, -0.05) is 12.1 Å². The van der Waals surface area contributed by atoms with Crippen molar-refractivity contribution in [3.05, 3.63) is 11.7 Å². The molecule has 27 heavy (non-hydrogen) atoms. The third kappa shape index (κ3) is 4.77. The van der Waals surface area contributed by atoms with E-state index < -0.39 is 0 Å². The number of nitrogens with one attached hydrogen (secondary N) is 1. The second-order valence-electron chi connectivity index (χ2n) is 7.05. The number of piperazine rings is 1. The van der Waals surface area contributed by atoms with E-state index in [0.717, 1.165) is 45.6 Å². The van der Waals surface area contributed by atoms with Crippen LogP contribution in [0.1, 0.15) is 50.9 Å². The molecule has 2 fully saturated rings. The lowest BCUT2D eigenvalue weighted by atomic mass is 10.2. The van der Waals surface area contributed by atoms with E-state index in [1.807, 2.05) is 11.8 Å². The van der Waals surface area contributed by atoms with E-state index in [-0.39, 0.29) is 18.0 Å². The first-order valence-corrected chi connectivity index (χ1v) is 9.99. The smallest absolute Gasteiger partial charge is 0.318 e. The normalized spacial score (nSPS) is 20.9. The predicted octanol–water partition coefficient (Wildman–Crippen LogP) is 1.03. The number of rotatable bonds is 6. The van der Waals surface area contributed by atoms with Gasteiger partial charge < -0.3 is 24.5 Å². The van der Waals surface area contributed by atoms with Gasteiger partial charge >= 0.3 is 6.03 Å². The zero-order valence-corrected chi connectivity index (χ0v) is 16.3. The number of likely N-dealkylation sites (N-methyl/N-ethyl adjacent to an activating group) is 1. The molecular formula is C18H30N6O3. The Kier molecular flexibility index (Phi) is 6.65. The molecule has 3 heterocycles. The molecule has 0 aliphatic carbocycles. The fourth-order valence-electron chi connectivity index (χ4n) is 3.72. The summed E-state index contributed by atoms with van der Waals surface area (Å²) in [6.07, 6.45) is 2.57. The molecule has 0 bridgehead atoms. The molecule has 0 saturated carbocycles. The summed E-state index contributed by atoms with van der Waals surface area (Å²) >= 11 is 0. The highest BCUT2D eigenvalue weighted by molar-refractivity contribution is 5.76. The van der Waals surface area contributed by atoms with Gasteiger partial charge in [0.25, 0.3) is 0 Å². The first-order chi connectivity index (χ1) is 13.1. The van der Waals surface area contributed by atoms with Crippen molar-refractivity contribution in [3.8, 4) is 0 Å². The van der Waals surface area contributed by atoms with Crippen molar-refractivity contribution in [3.63, 3.8) is 0 Å². The average molecular weight is 378 g/mol. The number of hydrogen-bond acceptors (Lipinski definition) is 6. The van der Waals surface area contributed by atoms with Crippen molar-refractivity contribution in [1.82, 2.24) is 30.2 Å². The fraction of sp³-hybridized carbons (Fsp3) is 0.778. The van der Waals surface area contributed by atoms with Crippen LogP contribution >= 0.6 is 0 Å². The molecule has 1 unspecified atom stereocenters. The zero-order chi connectivity index (χ0) is 19.2. The van der Waals surface area contributed by atoms with Crippen molar-refractivity contribution in [2.45, 2.75) is 45.6 Å². The number of likely N-dealkylation sites (tertiary alicyclic amines) is 1. The third-order valence-electron chi connectivity index (χ3n) is 5.35. The molecule has 150 valence electrons. The minimum Gasteiger partial charge on any atom is -0.340 e. The molecule has 0 aromatic carbocycles. The number of hydrogen-bond donors (Lipinski definition) is 1. The summed E-state index contributed by atoms with van der Waals surface area (Å²) in [5.74, 6) is 1.14. The monoisotopic (exact) mass is 378 g/mol. The molecule has 2 aliphatic heterocycles. The van der Waals surface area contributed by atoms with Crippen LogP contribution in [0.4, 0.5) is 4.79 Å². The Morgan fingerprint density at radius 1 is 1.19 bits per heavy atom. The summed E-state index contributed by atoms with van der Waals surface area (Å²) < 4.78 is 5.34. The van der Waals surface area contributed by atoms with Crippen LogP contribution in [0.15, 0.2) is 4.52 Å². The van der Waals surface area contributed by atoms with Crippen molar-refractivity contribution >= 4 is 11.9 Å². The Balaban J connectivity index is 1.51. The molecular weight excluding hydrogens is 348 g/mol. The van der Waals surface area contributed by atoms with Crippen LogP contribution < -0.4 is 5.32 Å². The first-order valence-electron chi connectivity index (χ1n) is 9.99. The van der Waals surface area contributed by atoms with Crippen LogP contribution in [0.2, 0.25) is 0 Å². The van der Waals surface area contributed by atoms with Crippen molar-refractivity contribution in [2.75, 3.05) is 45.8 Å². The lowest BCUT2D eigenvalue weighted by molar-refractivity contribution is -0.133. The van der Waals surface area contributed by atoms with E-state index in [1.54, 1.807) is 4.90 Å². The molecule has 9 nitrogen and oxygen atoms in total. The quantitative estimate of drug-likeness (QED) is 0.795. The van der Waals surface area contributed by atoms with Crippen LogP contribution in [0.3, 0.4) is 0 Å². The number of amides is 3. The molecule has 3 rings (SSSR count). The SMILES string of the molecule is CCNC(=O)N1CCCC1c1noc(CCC(=O)N2CCN(CC)CC2)n1. The van der Waals surface area contributed by atoms with E-state index in [1.165, 1.54) is 0 Å². The summed E-state index contributed by atoms with van der Waals surface area (Å²) in [7, 11) is 0. The van der Waals surface area contributed by atoms with Crippen LogP contribution in [0.25, 0.3) is 0 Å². The molecule has 1 atom stereocenters. The topological polar surface area (TPSA) is 94.8 Å². The van der Waals surface area contributed by atoms with E-state index in [4.69, 9.17) is 4.52 Å². The Morgan fingerprint density at radius 2 is 1.96 bits per heavy atom. The molecule has 3 amide bonds. The van der Waals surface area contributed by atoms with Gasteiger partial charge in [0, 0.05) is 52.1 Å². The molecule has 2 aliphatic rings. The Hall–Kier alpha value is -2.16. The van der Waals surface area contributed by atoms with Gasteiger partial charge in [0.15, 0.2) is 5.82 Å². The van der Waals surface area contributed by atoms with Crippen molar-refractivity contribution in [1.29, 1.82) is 0 Å². The Morgan fingerprint density at radius 3 is 2.67 bits per heavy atom. The molecule has 0 radical (unpaired) electrons. The number of carbonyl (C=O) groups excluding carboxylic acids is 2. The van der Waals surface area contributed by atoms with Crippen molar-refractivity contribution in [2.24, 2.45) is 0 Å². The molecule has 1 aromatic rings. The second kappa shape index (κ2) is 9.16. The summed E-state index contributed by atoms with van der Waals surface area (Å²) in [6.45, 7) is 9.79. The minimum absolute atomic E-state index is 0.0900. The van der Waals surface area contributed by atoms with E-state index in [9.17, 15) is 9.59 Å². The maximum absolute atomic E-state index is 12.4. The maximum Gasteiger partial charge on any atom is 0.318 e. The number of aromatic nitrogens is 2. The van der Waals surface area contributed by atoms with Gasteiger partial charge in [0.2, 0.25) is 11.8 Å². The van der Waals surface area contributed by atoms with Crippen LogP contribution in [0, 0.1) is 0 Å². The summed E-state index contributed by atoms with van der Waals surface area (Å²) in [4.78, 5) is 35.0. The molecule has 9 heteroatoms. The number of urea groups is 1. The second-order valence-corrected chi connectivity index (χ2v) is 7.05. The van der Waals surface area contributed by atoms with Crippen LogP contribution in [-0.4, -0.2) is 82.6 Å². The fourth-order valence-corrected chi connectivity index (χ4v) is 3.72. The zero-order valence-electron chi connectivity index (χ0n) is 16.3. The number of aryl methyl sites for hydroxylation is 1. The first kappa shape index (κ1) is 19.6. The van der Waals surface area contributed by atoms with Crippen molar-refractivity contribution < 1.29 is 14.1 Å². The summed E-state index contributed by atoms with van der Waals surface area (Å²) in [6, 6.07) is -0.236. The third-order valence-corrected chi connectivity index (χ3v) is 5.35. The van der Waals surface area contributed by atoms with Gasteiger partial charge in [0.1, 0.15) is 0 Å². The summed E-state index contributed by atoms with van der Waals surface area (Å²) in [5.41, 5.74) is 0. The van der Waals surface area contributed by atoms with Gasteiger partial charge in [-0.2, -0.15) is 4.98 Å². The average Bonchev–Trinajstić information content (AvgIpc) is 3.35. The van der Waals surface area contributed by atoms with E-state index >= 15 is 0 Å². The molecule has 2 saturated heterocycles. The Bertz CT molecular complexity index is 641. The lowest BCUT2D eigenvalue weighted by Gasteiger charge is -2.34. The standard InChI is InChI=1S/C18H30N6O3/c1-3-19-18(26)24-9-5-6-14(24)17-20-15(27-21-17)7-8-16(25)23-12-10-22(4-2)11-13-23/h14H,3-13H2,1-2H3,(H,19,26). The van der Waals surface area contributed by atoms with E-state index in [2.05, 4.69) is 27.3 Å². The molecule has 0 spiro atoms. The van der Waals surface area contributed by atoms with Crippen LogP contribution in [-0.2, 0) is 11.2 Å². The number of carbonyl (C=O) groups is 2. The highest BCUT2D eigenvalue weighted by Crippen LogP contribution is 2.30. The van der Waals surface area contributed by atoms with Gasteiger partial charge in [0.05, 0.1) is 6.04 Å². The van der Waals surface area contributed by atoms with E-state index in [0.29, 0.717) is 37.6 Å². The number of nitrogens with zero attached hydrogens (tertiary/aromatic N) is 5. The van der Waals surface area contributed by atoms with Gasteiger partial charge in [-0.25, -0.2) is 4.79 Å². The largest absolute Gasteiger partial charge is 0.340 e. The maximum atomic E-state index is 12.4. The molecule has 1 N–H and O–H groups in total. The highest BCUT2D eigenvalue weighted by atomic mass is 16.5. The Labute approximate surface area is 160 Å². The minimum atomic E-state index is -0.146. The van der Waals surface area contributed by atoms with Crippen LogP contribution in [0.5, 0.6) is 0 Å². The highest BCUT2D eigenvalue weighted by Gasteiger charge is 2.33. The molecule has 1 aromatic heterocycles. The predicted molar refractivity (Wildman–Crippen MR) is 99.1 cm³/mol. The van der Waals surface area contributed by atoms with Gasteiger partial charge in [-0.3, -0.25) is 4.79 Å². The van der Waals surface area contributed by atoms with Gasteiger partial charge in [-0.05, 0) is 26.3 Å². The lowest BCUT2D eigenvalue weighted by Crippen LogP contribution is -2.48.